The molecule has 2 aromatic rings. The molecule has 2 aromatic heterocycles. The van der Waals surface area contributed by atoms with E-state index in [1.165, 1.54) is 35.3 Å². The van der Waals surface area contributed by atoms with Crippen molar-refractivity contribution in [2.75, 3.05) is 38.1 Å². The average molecular weight is 302 g/mol. The highest BCUT2D eigenvalue weighted by atomic mass is 32.1. The molecule has 0 atom stereocenters. The predicted molar refractivity (Wildman–Crippen MR) is 88.5 cm³/mol. The van der Waals surface area contributed by atoms with E-state index < -0.39 is 0 Å². The summed E-state index contributed by atoms with van der Waals surface area (Å²) in [5.41, 5.74) is 1.55. The highest BCUT2D eigenvalue weighted by Crippen LogP contribution is 2.40. The van der Waals surface area contributed by atoms with Gasteiger partial charge in [-0.05, 0) is 31.9 Å². The number of likely N-dealkylation sites (N-methyl/N-ethyl adjacent to an activating group) is 1. The zero-order valence-corrected chi connectivity index (χ0v) is 13.7. The molecule has 5 heteroatoms. The summed E-state index contributed by atoms with van der Waals surface area (Å²) in [4.78, 5) is 17.4. The third kappa shape index (κ3) is 2.23. The summed E-state index contributed by atoms with van der Waals surface area (Å²) in [6.45, 7) is 6.56. The number of aromatic nitrogens is 2. The van der Waals surface area contributed by atoms with Crippen LogP contribution in [0.4, 0.5) is 5.82 Å². The van der Waals surface area contributed by atoms with Gasteiger partial charge in [0.1, 0.15) is 16.5 Å². The van der Waals surface area contributed by atoms with E-state index in [9.17, 15) is 0 Å². The SMILES string of the molecule is CCc1nc(N2CCN(C)CC2)c2c3c(sc2n1)CCC3. The maximum atomic E-state index is 4.92. The average Bonchev–Trinajstić information content (AvgIpc) is 3.07. The van der Waals surface area contributed by atoms with E-state index in [2.05, 4.69) is 23.8 Å². The molecule has 1 fully saturated rings. The van der Waals surface area contributed by atoms with Gasteiger partial charge in [-0.15, -0.1) is 11.3 Å². The topological polar surface area (TPSA) is 32.3 Å². The summed E-state index contributed by atoms with van der Waals surface area (Å²) in [5.74, 6) is 2.21. The van der Waals surface area contributed by atoms with Crippen LogP contribution < -0.4 is 4.90 Å². The molecular formula is C16H22N4S. The molecule has 0 N–H and O–H groups in total. The number of piperazine rings is 1. The smallest absolute Gasteiger partial charge is 0.141 e. The van der Waals surface area contributed by atoms with Gasteiger partial charge in [-0.1, -0.05) is 6.92 Å². The number of hydrogen-bond donors (Lipinski definition) is 0. The molecule has 4 nitrogen and oxygen atoms in total. The molecule has 0 unspecified atom stereocenters. The Hall–Kier alpha value is -1.20. The van der Waals surface area contributed by atoms with E-state index in [0.29, 0.717) is 0 Å². The van der Waals surface area contributed by atoms with Gasteiger partial charge in [-0.2, -0.15) is 0 Å². The van der Waals surface area contributed by atoms with Gasteiger partial charge in [0.2, 0.25) is 0 Å². The normalized spacial score (nSPS) is 19.4. The van der Waals surface area contributed by atoms with E-state index in [1.54, 1.807) is 10.4 Å². The van der Waals surface area contributed by atoms with Gasteiger partial charge in [0.05, 0.1) is 5.39 Å². The second kappa shape index (κ2) is 5.21. The molecule has 2 aliphatic rings. The molecule has 0 saturated carbocycles. The Labute approximate surface area is 129 Å². The molecule has 1 aliphatic heterocycles. The minimum absolute atomic E-state index is 0.916. The molecule has 0 bridgehead atoms. The molecule has 1 saturated heterocycles. The van der Waals surface area contributed by atoms with Crippen LogP contribution in [0, 0.1) is 0 Å². The number of nitrogens with zero attached hydrogens (tertiary/aromatic N) is 4. The molecular weight excluding hydrogens is 280 g/mol. The monoisotopic (exact) mass is 302 g/mol. The first kappa shape index (κ1) is 13.5. The Bertz CT molecular complexity index is 670. The number of hydrogen-bond acceptors (Lipinski definition) is 5. The van der Waals surface area contributed by atoms with Gasteiger partial charge in [0.15, 0.2) is 0 Å². The number of rotatable bonds is 2. The molecule has 21 heavy (non-hydrogen) atoms. The maximum Gasteiger partial charge on any atom is 0.141 e. The quantitative estimate of drug-likeness (QED) is 0.853. The van der Waals surface area contributed by atoms with Crippen LogP contribution in [0.5, 0.6) is 0 Å². The molecule has 0 aromatic carbocycles. The summed E-state index contributed by atoms with van der Waals surface area (Å²) in [6, 6.07) is 0. The fraction of sp³-hybridized carbons (Fsp3) is 0.625. The minimum Gasteiger partial charge on any atom is -0.353 e. The van der Waals surface area contributed by atoms with Crippen LogP contribution in [0.1, 0.15) is 29.6 Å². The Morgan fingerprint density at radius 1 is 1.10 bits per heavy atom. The van der Waals surface area contributed by atoms with Crippen molar-refractivity contribution in [1.29, 1.82) is 0 Å². The number of fused-ring (bicyclic) bond motifs is 3. The first-order valence-corrected chi connectivity index (χ1v) is 8.82. The predicted octanol–water partition coefficient (Wildman–Crippen LogP) is 2.49. The second-order valence-electron chi connectivity index (χ2n) is 6.14. The molecule has 0 amide bonds. The lowest BCUT2D eigenvalue weighted by Gasteiger charge is -2.33. The molecule has 4 rings (SSSR count). The van der Waals surface area contributed by atoms with Gasteiger partial charge in [-0.25, -0.2) is 9.97 Å². The Morgan fingerprint density at radius 3 is 2.67 bits per heavy atom. The number of anilines is 1. The van der Waals surface area contributed by atoms with Crippen molar-refractivity contribution < 1.29 is 0 Å². The number of thiophene rings is 1. The van der Waals surface area contributed by atoms with Crippen molar-refractivity contribution in [3.8, 4) is 0 Å². The van der Waals surface area contributed by atoms with Crippen LogP contribution in [0.2, 0.25) is 0 Å². The van der Waals surface area contributed by atoms with Crippen LogP contribution in [0.25, 0.3) is 10.2 Å². The Balaban J connectivity index is 1.85. The lowest BCUT2D eigenvalue weighted by Crippen LogP contribution is -2.45. The van der Waals surface area contributed by atoms with E-state index in [4.69, 9.17) is 9.97 Å². The van der Waals surface area contributed by atoms with Gasteiger partial charge in [0.25, 0.3) is 0 Å². The van der Waals surface area contributed by atoms with Gasteiger partial charge < -0.3 is 9.80 Å². The van der Waals surface area contributed by atoms with E-state index in [1.807, 2.05) is 11.3 Å². The van der Waals surface area contributed by atoms with Crippen LogP contribution in [-0.2, 0) is 19.3 Å². The third-order valence-electron chi connectivity index (χ3n) is 4.71. The van der Waals surface area contributed by atoms with Crippen molar-refractivity contribution in [2.45, 2.75) is 32.6 Å². The Morgan fingerprint density at radius 2 is 1.90 bits per heavy atom. The van der Waals surface area contributed by atoms with Crippen LogP contribution in [0.3, 0.4) is 0 Å². The summed E-state index contributed by atoms with van der Waals surface area (Å²) in [7, 11) is 2.20. The molecule has 1 aliphatic carbocycles. The van der Waals surface area contributed by atoms with Crippen molar-refractivity contribution in [2.24, 2.45) is 0 Å². The van der Waals surface area contributed by atoms with Crippen LogP contribution in [-0.4, -0.2) is 48.1 Å². The summed E-state index contributed by atoms with van der Waals surface area (Å²) < 4.78 is 0. The minimum atomic E-state index is 0.916. The summed E-state index contributed by atoms with van der Waals surface area (Å²) in [6.07, 6.45) is 4.67. The van der Waals surface area contributed by atoms with Crippen molar-refractivity contribution in [3.05, 3.63) is 16.3 Å². The van der Waals surface area contributed by atoms with Gasteiger partial charge >= 0.3 is 0 Å². The standard InChI is InChI=1S/C16H22N4S/c1-3-13-17-15(20-9-7-19(2)8-10-20)14-11-5-4-6-12(11)21-16(14)18-13/h3-10H2,1-2H3. The van der Waals surface area contributed by atoms with Crippen molar-refractivity contribution in [1.82, 2.24) is 14.9 Å². The fourth-order valence-corrected chi connectivity index (χ4v) is 4.70. The first-order valence-electron chi connectivity index (χ1n) is 8.01. The maximum absolute atomic E-state index is 4.92. The largest absolute Gasteiger partial charge is 0.353 e. The fourth-order valence-electron chi connectivity index (χ4n) is 3.42. The summed E-state index contributed by atoms with van der Waals surface area (Å²) >= 11 is 1.91. The van der Waals surface area contributed by atoms with Gasteiger partial charge in [-0.3, -0.25) is 0 Å². The molecule has 112 valence electrons. The van der Waals surface area contributed by atoms with Crippen molar-refractivity contribution in [3.63, 3.8) is 0 Å². The highest BCUT2D eigenvalue weighted by Gasteiger charge is 2.25. The lowest BCUT2D eigenvalue weighted by molar-refractivity contribution is 0.312. The van der Waals surface area contributed by atoms with Crippen molar-refractivity contribution >= 4 is 27.4 Å². The summed E-state index contributed by atoms with van der Waals surface area (Å²) in [5, 5.41) is 1.37. The second-order valence-corrected chi connectivity index (χ2v) is 7.23. The lowest BCUT2D eigenvalue weighted by atomic mass is 10.1. The Kier molecular flexibility index (Phi) is 3.34. The zero-order valence-electron chi connectivity index (χ0n) is 12.9. The van der Waals surface area contributed by atoms with Crippen LogP contribution in [0.15, 0.2) is 0 Å². The van der Waals surface area contributed by atoms with Gasteiger partial charge in [0, 0.05) is 37.5 Å². The third-order valence-corrected chi connectivity index (χ3v) is 5.90. The molecule has 3 heterocycles. The highest BCUT2D eigenvalue weighted by molar-refractivity contribution is 7.19. The number of aryl methyl sites for hydroxylation is 3. The zero-order chi connectivity index (χ0) is 14.4. The van der Waals surface area contributed by atoms with E-state index >= 15 is 0 Å². The molecule has 0 radical (unpaired) electrons. The van der Waals surface area contributed by atoms with E-state index in [0.717, 1.165) is 38.4 Å². The molecule has 0 spiro atoms. The first-order chi connectivity index (χ1) is 10.3. The van der Waals surface area contributed by atoms with Crippen LogP contribution >= 0.6 is 11.3 Å². The van der Waals surface area contributed by atoms with E-state index in [-0.39, 0.29) is 0 Å².